The molecule has 1 unspecified atom stereocenters. The maximum absolute atomic E-state index is 12.3. The van der Waals surface area contributed by atoms with Crippen molar-refractivity contribution in [1.82, 2.24) is 19.7 Å². The molecule has 3 N–H and O–H groups in total. The van der Waals surface area contributed by atoms with Crippen LogP contribution >= 0.6 is 11.8 Å². The number of nitrogens with one attached hydrogen (secondary N) is 1. The minimum Gasteiger partial charge on any atom is -0.378 e. The molecule has 0 radical (unpaired) electrons. The second kappa shape index (κ2) is 7.59. The zero-order valence-electron chi connectivity index (χ0n) is 16.3. The minimum absolute atomic E-state index is 0.453. The third kappa shape index (κ3) is 3.68. The molecule has 2 aromatic heterocycles. The monoisotopic (exact) mass is 407 g/mol. The molecule has 0 saturated heterocycles. The van der Waals surface area contributed by atoms with Crippen molar-refractivity contribution in [3.05, 3.63) is 65.5 Å². The van der Waals surface area contributed by atoms with E-state index in [-0.39, 0.29) is 0 Å². The van der Waals surface area contributed by atoms with Gasteiger partial charge < -0.3 is 16.0 Å². The summed E-state index contributed by atoms with van der Waals surface area (Å²) in [4.78, 5) is 23.2. The number of carbonyl (C=O) groups is 1. The van der Waals surface area contributed by atoms with Gasteiger partial charge in [0.1, 0.15) is 11.1 Å². The molecule has 1 aliphatic heterocycles. The van der Waals surface area contributed by atoms with Crippen molar-refractivity contribution in [3.8, 4) is 0 Å². The van der Waals surface area contributed by atoms with Gasteiger partial charge in [-0.1, -0.05) is 18.2 Å². The molecule has 1 aliphatic rings. The predicted molar refractivity (Wildman–Crippen MR) is 113 cm³/mol. The smallest absolute Gasteiger partial charge is 0.248 e. The number of aromatic nitrogens is 4. The lowest BCUT2D eigenvalue weighted by Gasteiger charge is -2.28. The molecule has 1 atom stereocenters. The molecule has 3 heterocycles. The average molecular weight is 408 g/mol. The molecule has 29 heavy (non-hydrogen) atoms. The van der Waals surface area contributed by atoms with Gasteiger partial charge in [-0.25, -0.2) is 9.67 Å². The Hall–Kier alpha value is -3.33. The number of rotatable bonds is 5. The molecule has 0 bridgehead atoms. The van der Waals surface area contributed by atoms with Gasteiger partial charge in [-0.05, 0) is 48.5 Å². The molecule has 4 rings (SSSR count). The van der Waals surface area contributed by atoms with Gasteiger partial charge in [0.15, 0.2) is 0 Å². The van der Waals surface area contributed by atoms with Crippen molar-refractivity contribution < 1.29 is 4.79 Å². The zero-order chi connectivity index (χ0) is 20.5. The minimum atomic E-state index is -0.489. The van der Waals surface area contributed by atoms with Crippen LogP contribution in [0, 0.1) is 0 Å². The number of nitrogens with zero attached hydrogens (tertiary/aromatic N) is 5. The van der Waals surface area contributed by atoms with Crippen molar-refractivity contribution in [1.29, 1.82) is 0 Å². The van der Waals surface area contributed by atoms with Gasteiger partial charge in [0, 0.05) is 31.7 Å². The van der Waals surface area contributed by atoms with Crippen LogP contribution in [0.3, 0.4) is 0 Å². The zero-order valence-corrected chi connectivity index (χ0v) is 17.1. The molecule has 0 saturated carbocycles. The van der Waals surface area contributed by atoms with E-state index in [0.29, 0.717) is 22.4 Å². The maximum atomic E-state index is 12.3. The van der Waals surface area contributed by atoms with Crippen LogP contribution < -0.4 is 16.0 Å². The van der Waals surface area contributed by atoms with E-state index in [0.717, 1.165) is 16.3 Å². The van der Waals surface area contributed by atoms with E-state index in [2.05, 4.69) is 20.4 Å². The molecule has 0 fully saturated rings. The highest BCUT2D eigenvalue weighted by molar-refractivity contribution is 7.99. The molecule has 3 aromatic rings. The summed E-state index contributed by atoms with van der Waals surface area (Å²) in [7, 11) is 3.96. The third-order valence-electron chi connectivity index (χ3n) is 4.66. The molecular weight excluding hydrogens is 386 g/mol. The van der Waals surface area contributed by atoms with E-state index in [9.17, 15) is 4.79 Å². The van der Waals surface area contributed by atoms with E-state index in [1.54, 1.807) is 10.9 Å². The van der Waals surface area contributed by atoms with Gasteiger partial charge in [0.2, 0.25) is 17.0 Å². The number of benzene rings is 1. The van der Waals surface area contributed by atoms with Gasteiger partial charge in [-0.3, -0.25) is 4.79 Å². The SMILES string of the molecule is CC1=C(C(N)=O)C(c2ccc(N(C)C)cc2)n2nc(Sc3ccccn3)nc2N1. The van der Waals surface area contributed by atoms with Crippen LogP contribution in [0.5, 0.6) is 0 Å². The average Bonchev–Trinajstić information content (AvgIpc) is 3.09. The highest BCUT2D eigenvalue weighted by atomic mass is 32.2. The fourth-order valence-corrected chi connectivity index (χ4v) is 3.97. The van der Waals surface area contributed by atoms with Gasteiger partial charge in [0.25, 0.3) is 0 Å². The second-order valence-corrected chi connectivity index (χ2v) is 7.84. The third-order valence-corrected chi connectivity index (χ3v) is 5.46. The molecule has 0 aliphatic carbocycles. The van der Waals surface area contributed by atoms with E-state index in [4.69, 9.17) is 5.73 Å². The lowest BCUT2D eigenvalue weighted by molar-refractivity contribution is -0.115. The first-order valence-corrected chi connectivity index (χ1v) is 9.86. The van der Waals surface area contributed by atoms with Crippen LogP contribution in [-0.2, 0) is 4.79 Å². The fraction of sp³-hybridized carbons (Fsp3) is 0.200. The number of pyridine rings is 1. The molecule has 148 valence electrons. The number of allylic oxidation sites excluding steroid dienone is 1. The number of primary amides is 1. The number of nitrogens with two attached hydrogens (primary N) is 1. The molecule has 8 nitrogen and oxygen atoms in total. The number of amides is 1. The summed E-state index contributed by atoms with van der Waals surface area (Å²) < 4.78 is 1.71. The topological polar surface area (TPSA) is 102 Å². The number of fused-ring (bicyclic) bond motifs is 1. The summed E-state index contributed by atoms with van der Waals surface area (Å²) in [6.07, 6.45) is 1.72. The lowest BCUT2D eigenvalue weighted by atomic mass is 9.95. The number of carbonyl (C=O) groups excluding carboxylic acids is 1. The fourth-order valence-electron chi connectivity index (χ4n) is 3.26. The Morgan fingerprint density at radius 2 is 1.97 bits per heavy atom. The van der Waals surface area contributed by atoms with Gasteiger partial charge in [-0.2, -0.15) is 4.98 Å². The number of hydrogen-bond acceptors (Lipinski definition) is 7. The van der Waals surface area contributed by atoms with Crippen LogP contribution in [0.4, 0.5) is 11.6 Å². The molecular formula is C20H21N7OS. The summed E-state index contributed by atoms with van der Waals surface area (Å²) in [5.74, 6) is 0.0735. The van der Waals surface area contributed by atoms with Gasteiger partial charge >= 0.3 is 0 Å². The molecule has 1 amide bonds. The lowest BCUT2D eigenvalue weighted by Crippen LogP contribution is -2.31. The van der Waals surface area contributed by atoms with E-state index < -0.39 is 11.9 Å². The summed E-state index contributed by atoms with van der Waals surface area (Å²) >= 11 is 1.36. The summed E-state index contributed by atoms with van der Waals surface area (Å²) in [6, 6.07) is 13.2. The Morgan fingerprint density at radius 3 is 2.59 bits per heavy atom. The van der Waals surface area contributed by atoms with E-state index in [1.165, 1.54) is 11.8 Å². The van der Waals surface area contributed by atoms with Crippen molar-refractivity contribution in [3.63, 3.8) is 0 Å². The first-order valence-electron chi connectivity index (χ1n) is 9.04. The van der Waals surface area contributed by atoms with Crippen LogP contribution in [0.25, 0.3) is 0 Å². The van der Waals surface area contributed by atoms with Crippen LogP contribution in [-0.4, -0.2) is 39.8 Å². The Morgan fingerprint density at radius 1 is 1.21 bits per heavy atom. The van der Waals surface area contributed by atoms with Crippen molar-refractivity contribution in [2.24, 2.45) is 5.73 Å². The molecule has 1 aromatic carbocycles. The van der Waals surface area contributed by atoms with Crippen LogP contribution in [0.2, 0.25) is 0 Å². The van der Waals surface area contributed by atoms with Gasteiger partial charge in [-0.15, -0.1) is 5.10 Å². The standard InChI is InChI=1S/C20H21N7OS/c1-12-16(18(21)28)17(13-7-9-14(10-8-13)26(2)3)27-19(23-12)24-20(25-27)29-15-6-4-5-11-22-15/h4-11,17H,1-3H3,(H2,21,28)(H,23,24,25). The van der Waals surface area contributed by atoms with Crippen molar-refractivity contribution in [2.45, 2.75) is 23.1 Å². The quantitative estimate of drug-likeness (QED) is 0.670. The van der Waals surface area contributed by atoms with E-state index in [1.807, 2.05) is 68.4 Å². The maximum Gasteiger partial charge on any atom is 0.248 e. The highest BCUT2D eigenvalue weighted by Crippen LogP contribution is 2.37. The van der Waals surface area contributed by atoms with Crippen LogP contribution in [0.1, 0.15) is 18.5 Å². The van der Waals surface area contributed by atoms with Crippen molar-refractivity contribution in [2.75, 3.05) is 24.3 Å². The number of anilines is 2. The summed E-state index contributed by atoms with van der Waals surface area (Å²) in [5, 5.41) is 9.13. The predicted octanol–water partition coefficient (Wildman–Crippen LogP) is 2.66. The Balaban J connectivity index is 1.76. The second-order valence-electron chi connectivity index (χ2n) is 6.85. The number of hydrogen-bond donors (Lipinski definition) is 2. The largest absolute Gasteiger partial charge is 0.378 e. The summed E-state index contributed by atoms with van der Waals surface area (Å²) in [5.41, 5.74) is 8.84. The first kappa shape index (κ1) is 19.0. The van der Waals surface area contributed by atoms with Crippen LogP contribution in [0.15, 0.2) is 70.1 Å². The summed E-state index contributed by atoms with van der Waals surface area (Å²) in [6.45, 7) is 1.82. The Bertz CT molecular complexity index is 1070. The van der Waals surface area contributed by atoms with Crippen molar-refractivity contribution >= 4 is 29.3 Å². The first-order chi connectivity index (χ1) is 13.9. The highest BCUT2D eigenvalue weighted by Gasteiger charge is 2.33. The Kier molecular flexibility index (Phi) is 4.98. The van der Waals surface area contributed by atoms with Gasteiger partial charge in [0.05, 0.1) is 5.57 Å². The molecule has 9 heteroatoms. The normalized spacial score (nSPS) is 15.6. The Labute approximate surface area is 172 Å². The molecule has 0 spiro atoms. The van der Waals surface area contributed by atoms with E-state index >= 15 is 0 Å².